The summed E-state index contributed by atoms with van der Waals surface area (Å²) in [5.41, 5.74) is 1.14. The molecular formula is C17H24N4. The molecule has 4 nitrogen and oxygen atoms in total. The number of hydrogen-bond acceptors (Lipinski definition) is 4. The van der Waals surface area contributed by atoms with Crippen molar-refractivity contribution in [2.45, 2.75) is 18.9 Å². The van der Waals surface area contributed by atoms with Crippen LogP contribution in [-0.4, -0.2) is 50.2 Å². The molecule has 0 amide bonds. The third-order valence-electron chi connectivity index (χ3n) is 4.60. The minimum absolute atomic E-state index is 0.586. The zero-order valence-corrected chi connectivity index (χ0v) is 13.1. The van der Waals surface area contributed by atoms with E-state index in [0.717, 1.165) is 11.5 Å². The number of piperidine rings is 1. The maximum Gasteiger partial charge on any atom is 0.136 e. The number of benzene rings is 1. The maximum absolute atomic E-state index is 4.65. The molecule has 1 N–H and O–H groups in total. The minimum Gasteiger partial charge on any atom is -0.388 e. The van der Waals surface area contributed by atoms with Crippen molar-refractivity contribution < 1.29 is 0 Å². The SMILES string of the molecule is CNc1ccc2c(N(C)C3CCN(C)CC3)nccc2c1. The van der Waals surface area contributed by atoms with Gasteiger partial charge in [-0.3, -0.25) is 0 Å². The molecule has 1 fully saturated rings. The average Bonchev–Trinajstić information content (AvgIpc) is 2.53. The van der Waals surface area contributed by atoms with Gasteiger partial charge in [-0.2, -0.15) is 0 Å². The Bertz CT molecular complexity index is 617. The first-order valence-corrected chi connectivity index (χ1v) is 7.67. The minimum atomic E-state index is 0.586. The summed E-state index contributed by atoms with van der Waals surface area (Å²) in [4.78, 5) is 9.42. The molecule has 1 aliphatic heterocycles. The van der Waals surface area contributed by atoms with E-state index in [0.29, 0.717) is 6.04 Å². The second kappa shape index (κ2) is 5.90. The molecule has 4 heteroatoms. The van der Waals surface area contributed by atoms with Crippen molar-refractivity contribution in [2.24, 2.45) is 0 Å². The van der Waals surface area contributed by atoms with E-state index in [1.165, 1.54) is 36.7 Å². The Morgan fingerprint density at radius 2 is 2.00 bits per heavy atom. The van der Waals surface area contributed by atoms with Crippen LogP contribution in [0.5, 0.6) is 0 Å². The molecule has 0 atom stereocenters. The highest BCUT2D eigenvalue weighted by molar-refractivity contribution is 5.94. The first kappa shape index (κ1) is 14.1. The first-order chi connectivity index (χ1) is 10.2. The molecule has 0 spiro atoms. The van der Waals surface area contributed by atoms with E-state index in [-0.39, 0.29) is 0 Å². The molecular weight excluding hydrogens is 260 g/mol. The summed E-state index contributed by atoms with van der Waals surface area (Å²) >= 11 is 0. The van der Waals surface area contributed by atoms with Crippen molar-refractivity contribution in [2.75, 3.05) is 44.4 Å². The smallest absolute Gasteiger partial charge is 0.136 e. The van der Waals surface area contributed by atoms with E-state index in [2.05, 4.69) is 58.5 Å². The van der Waals surface area contributed by atoms with Crippen LogP contribution in [0.1, 0.15) is 12.8 Å². The predicted octanol–water partition coefficient (Wildman–Crippen LogP) is 2.81. The van der Waals surface area contributed by atoms with E-state index in [4.69, 9.17) is 0 Å². The van der Waals surface area contributed by atoms with Gasteiger partial charge >= 0.3 is 0 Å². The van der Waals surface area contributed by atoms with Crippen LogP contribution in [0.15, 0.2) is 30.5 Å². The van der Waals surface area contributed by atoms with Gasteiger partial charge in [0.1, 0.15) is 5.82 Å². The fourth-order valence-electron chi connectivity index (χ4n) is 3.15. The molecule has 1 aromatic carbocycles. The highest BCUT2D eigenvalue weighted by Gasteiger charge is 2.22. The second-order valence-corrected chi connectivity index (χ2v) is 5.97. The number of pyridine rings is 1. The third-order valence-corrected chi connectivity index (χ3v) is 4.60. The lowest BCUT2D eigenvalue weighted by molar-refractivity contribution is 0.252. The maximum atomic E-state index is 4.65. The quantitative estimate of drug-likeness (QED) is 0.939. The highest BCUT2D eigenvalue weighted by atomic mass is 15.2. The van der Waals surface area contributed by atoms with Crippen molar-refractivity contribution >= 4 is 22.3 Å². The summed E-state index contributed by atoms with van der Waals surface area (Å²) in [6.45, 7) is 2.34. The Labute approximate surface area is 126 Å². The topological polar surface area (TPSA) is 31.4 Å². The van der Waals surface area contributed by atoms with Crippen LogP contribution in [0.2, 0.25) is 0 Å². The lowest BCUT2D eigenvalue weighted by atomic mass is 10.0. The van der Waals surface area contributed by atoms with Gasteiger partial charge in [-0.15, -0.1) is 0 Å². The zero-order valence-electron chi connectivity index (χ0n) is 13.1. The highest BCUT2D eigenvalue weighted by Crippen LogP contribution is 2.29. The van der Waals surface area contributed by atoms with Crippen LogP contribution in [0.3, 0.4) is 0 Å². The molecule has 1 aliphatic rings. The van der Waals surface area contributed by atoms with Gasteiger partial charge in [0.25, 0.3) is 0 Å². The first-order valence-electron chi connectivity index (χ1n) is 7.67. The van der Waals surface area contributed by atoms with E-state index >= 15 is 0 Å². The molecule has 0 bridgehead atoms. The van der Waals surface area contributed by atoms with Gasteiger partial charge in [-0.25, -0.2) is 4.98 Å². The molecule has 0 saturated carbocycles. The van der Waals surface area contributed by atoms with Crippen molar-refractivity contribution in [3.8, 4) is 0 Å². The van der Waals surface area contributed by atoms with E-state index in [9.17, 15) is 0 Å². The number of nitrogens with zero attached hydrogens (tertiary/aromatic N) is 3. The predicted molar refractivity (Wildman–Crippen MR) is 90.2 cm³/mol. The monoisotopic (exact) mass is 284 g/mol. The molecule has 112 valence electrons. The number of likely N-dealkylation sites (tertiary alicyclic amines) is 1. The number of nitrogens with one attached hydrogen (secondary N) is 1. The van der Waals surface area contributed by atoms with Crippen LogP contribution >= 0.6 is 0 Å². The molecule has 0 unspecified atom stereocenters. The van der Waals surface area contributed by atoms with Crippen molar-refractivity contribution in [1.82, 2.24) is 9.88 Å². The average molecular weight is 284 g/mol. The van der Waals surface area contributed by atoms with Gasteiger partial charge < -0.3 is 15.1 Å². The Morgan fingerprint density at radius 3 is 2.71 bits per heavy atom. The molecule has 1 aromatic heterocycles. The number of aromatic nitrogens is 1. The van der Waals surface area contributed by atoms with Gasteiger partial charge in [0.15, 0.2) is 0 Å². The van der Waals surface area contributed by atoms with Gasteiger partial charge in [0.2, 0.25) is 0 Å². The number of rotatable bonds is 3. The van der Waals surface area contributed by atoms with Crippen LogP contribution in [0.4, 0.5) is 11.5 Å². The molecule has 1 saturated heterocycles. The van der Waals surface area contributed by atoms with Gasteiger partial charge in [0.05, 0.1) is 0 Å². The van der Waals surface area contributed by atoms with Crippen LogP contribution in [0, 0.1) is 0 Å². The molecule has 3 rings (SSSR count). The summed E-state index contributed by atoms with van der Waals surface area (Å²) in [6.07, 6.45) is 4.34. The fourth-order valence-corrected chi connectivity index (χ4v) is 3.15. The lowest BCUT2D eigenvalue weighted by Gasteiger charge is -2.36. The summed E-state index contributed by atoms with van der Waals surface area (Å²) < 4.78 is 0. The van der Waals surface area contributed by atoms with Crippen LogP contribution in [0.25, 0.3) is 10.8 Å². The molecule has 2 aromatic rings. The van der Waals surface area contributed by atoms with E-state index in [1.807, 2.05) is 13.2 Å². The zero-order chi connectivity index (χ0) is 14.8. The number of anilines is 2. The summed E-state index contributed by atoms with van der Waals surface area (Å²) in [6, 6.07) is 9.15. The number of fused-ring (bicyclic) bond motifs is 1. The van der Waals surface area contributed by atoms with E-state index < -0.39 is 0 Å². The Morgan fingerprint density at radius 1 is 1.24 bits per heavy atom. The Hall–Kier alpha value is -1.81. The van der Waals surface area contributed by atoms with Crippen molar-refractivity contribution in [3.05, 3.63) is 30.5 Å². The normalized spacial score (nSPS) is 17.1. The second-order valence-electron chi connectivity index (χ2n) is 5.97. The van der Waals surface area contributed by atoms with Gasteiger partial charge in [0, 0.05) is 37.4 Å². The largest absolute Gasteiger partial charge is 0.388 e. The van der Waals surface area contributed by atoms with E-state index in [1.54, 1.807) is 0 Å². The summed E-state index contributed by atoms with van der Waals surface area (Å²) in [5.74, 6) is 1.10. The third kappa shape index (κ3) is 2.81. The summed E-state index contributed by atoms with van der Waals surface area (Å²) in [5, 5.41) is 5.67. The Kier molecular flexibility index (Phi) is 3.97. The van der Waals surface area contributed by atoms with Crippen molar-refractivity contribution in [3.63, 3.8) is 0 Å². The molecule has 2 heterocycles. The molecule has 0 aliphatic carbocycles. The number of hydrogen-bond donors (Lipinski definition) is 1. The van der Waals surface area contributed by atoms with Crippen molar-refractivity contribution in [1.29, 1.82) is 0 Å². The van der Waals surface area contributed by atoms with Gasteiger partial charge in [-0.05, 0) is 62.6 Å². The van der Waals surface area contributed by atoms with Crippen LogP contribution < -0.4 is 10.2 Å². The molecule has 21 heavy (non-hydrogen) atoms. The summed E-state index contributed by atoms with van der Waals surface area (Å²) in [7, 11) is 6.34. The van der Waals surface area contributed by atoms with Crippen LogP contribution in [-0.2, 0) is 0 Å². The molecule has 0 radical (unpaired) electrons. The Balaban J connectivity index is 1.92. The standard InChI is InChI=1S/C17H24N4/c1-18-14-4-5-16-13(12-14)6-9-19-17(16)21(3)15-7-10-20(2)11-8-15/h4-6,9,12,15,18H,7-8,10-11H2,1-3H3. The van der Waals surface area contributed by atoms with Gasteiger partial charge in [-0.1, -0.05) is 0 Å². The fraction of sp³-hybridized carbons (Fsp3) is 0.471. The lowest BCUT2D eigenvalue weighted by Crippen LogP contribution is -2.42.